The van der Waals surface area contributed by atoms with E-state index in [0.717, 1.165) is 23.5 Å². The van der Waals surface area contributed by atoms with Crippen LogP contribution >= 0.6 is 0 Å². The molecule has 0 saturated carbocycles. The normalized spacial score (nSPS) is 20.0. The highest BCUT2D eigenvalue weighted by molar-refractivity contribution is 5.92. The number of pyridine rings is 1. The molecule has 1 aromatic heterocycles. The van der Waals surface area contributed by atoms with Crippen LogP contribution in [0, 0.1) is 0 Å². The lowest BCUT2D eigenvalue weighted by Gasteiger charge is -2.30. The Hall–Kier alpha value is -1.81. The minimum Gasteiger partial charge on any atom is -0.497 e. The van der Waals surface area contributed by atoms with E-state index in [1.54, 1.807) is 7.11 Å². The average Bonchev–Trinajstić information content (AvgIpc) is 2.47. The molecule has 2 heterocycles. The molecular formula is C16H21N3O. The molecule has 1 unspecified atom stereocenters. The van der Waals surface area contributed by atoms with E-state index in [1.165, 1.54) is 24.8 Å². The van der Waals surface area contributed by atoms with Crippen molar-refractivity contribution in [2.24, 2.45) is 0 Å². The third-order valence-corrected chi connectivity index (χ3v) is 3.94. The number of hydrogen-bond acceptors (Lipinski definition) is 4. The predicted octanol–water partition coefficient (Wildman–Crippen LogP) is 2.75. The average molecular weight is 271 g/mol. The van der Waals surface area contributed by atoms with Crippen molar-refractivity contribution in [3.8, 4) is 5.75 Å². The van der Waals surface area contributed by atoms with E-state index >= 15 is 0 Å². The summed E-state index contributed by atoms with van der Waals surface area (Å²) >= 11 is 0. The van der Waals surface area contributed by atoms with Gasteiger partial charge in [-0.3, -0.25) is 0 Å². The summed E-state index contributed by atoms with van der Waals surface area (Å²) in [5.74, 6) is 1.83. The fourth-order valence-electron chi connectivity index (χ4n) is 2.87. The van der Waals surface area contributed by atoms with Gasteiger partial charge in [0.05, 0.1) is 7.11 Å². The van der Waals surface area contributed by atoms with E-state index in [-0.39, 0.29) is 0 Å². The maximum absolute atomic E-state index is 5.32. The first kappa shape index (κ1) is 13.2. The van der Waals surface area contributed by atoms with E-state index in [2.05, 4.69) is 34.4 Å². The molecule has 0 amide bonds. The first-order valence-electron chi connectivity index (χ1n) is 7.14. The Morgan fingerprint density at radius 1 is 1.35 bits per heavy atom. The van der Waals surface area contributed by atoms with Crippen molar-refractivity contribution in [1.29, 1.82) is 0 Å². The third kappa shape index (κ3) is 2.70. The second-order valence-electron chi connectivity index (χ2n) is 5.49. The lowest BCUT2D eigenvalue weighted by Crippen LogP contribution is -2.39. The number of piperidine rings is 1. The van der Waals surface area contributed by atoms with Gasteiger partial charge in [0.15, 0.2) is 0 Å². The molecule has 4 heteroatoms. The fraction of sp³-hybridized carbons (Fsp3) is 0.438. The monoisotopic (exact) mass is 271 g/mol. The number of ether oxygens (including phenoxy) is 1. The molecule has 1 aromatic carbocycles. The number of aromatic nitrogens is 1. The van der Waals surface area contributed by atoms with Crippen LogP contribution in [0.5, 0.6) is 5.75 Å². The number of methoxy groups -OCH3 is 1. The molecule has 0 aliphatic carbocycles. The highest BCUT2D eigenvalue weighted by Crippen LogP contribution is 2.27. The van der Waals surface area contributed by atoms with Crippen LogP contribution in [0.1, 0.15) is 12.8 Å². The Labute approximate surface area is 119 Å². The first-order chi connectivity index (χ1) is 9.76. The van der Waals surface area contributed by atoms with E-state index in [0.29, 0.717) is 6.04 Å². The van der Waals surface area contributed by atoms with Crippen LogP contribution in [0.15, 0.2) is 30.5 Å². The van der Waals surface area contributed by atoms with Crippen molar-refractivity contribution >= 4 is 16.6 Å². The number of likely N-dealkylation sites (tertiary alicyclic amines) is 1. The van der Waals surface area contributed by atoms with E-state index in [1.807, 2.05) is 18.3 Å². The molecule has 3 rings (SSSR count). The summed E-state index contributed by atoms with van der Waals surface area (Å²) in [7, 11) is 3.87. The number of rotatable bonds is 3. The molecule has 1 fully saturated rings. The van der Waals surface area contributed by atoms with E-state index in [4.69, 9.17) is 4.74 Å². The summed E-state index contributed by atoms with van der Waals surface area (Å²) < 4.78 is 5.32. The molecule has 1 aliphatic rings. The molecule has 0 radical (unpaired) electrons. The summed E-state index contributed by atoms with van der Waals surface area (Å²) in [4.78, 5) is 6.88. The molecule has 1 saturated heterocycles. The Balaban J connectivity index is 1.90. The Kier molecular flexibility index (Phi) is 3.74. The highest BCUT2D eigenvalue weighted by Gasteiger charge is 2.18. The Bertz CT molecular complexity index is 599. The summed E-state index contributed by atoms with van der Waals surface area (Å²) in [6.07, 6.45) is 4.30. The van der Waals surface area contributed by atoms with Crippen molar-refractivity contribution in [3.63, 3.8) is 0 Å². The summed E-state index contributed by atoms with van der Waals surface area (Å²) in [5, 5.41) is 5.91. The van der Waals surface area contributed by atoms with Gasteiger partial charge in [0.25, 0.3) is 0 Å². The molecular weight excluding hydrogens is 250 g/mol. The van der Waals surface area contributed by atoms with Gasteiger partial charge in [-0.05, 0) is 50.0 Å². The SMILES string of the molecule is COc1ccc2ccnc(NC3CCCN(C)C3)c2c1. The standard InChI is InChI=1S/C16H21N3O/c1-19-9-3-4-13(11-19)18-16-15-10-14(20-2)6-5-12(15)7-8-17-16/h5-8,10,13H,3-4,9,11H2,1-2H3,(H,17,18). The van der Waals surface area contributed by atoms with Crippen molar-refractivity contribution in [1.82, 2.24) is 9.88 Å². The molecule has 1 atom stereocenters. The van der Waals surface area contributed by atoms with Crippen LogP contribution in [-0.4, -0.2) is 43.2 Å². The molecule has 106 valence electrons. The molecule has 0 bridgehead atoms. The minimum absolute atomic E-state index is 0.470. The van der Waals surface area contributed by atoms with Crippen molar-refractivity contribution in [2.75, 3.05) is 32.6 Å². The third-order valence-electron chi connectivity index (χ3n) is 3.94. The predicted molar refractivity (Wildman–Crippen MR) is 82.4 cm³/mol. The highest BCUT2D eigenvalue weighted by atomic mass is 16.5. The molecule has 20 heavy (non-hydrogen) atoms. The number of nitrogens with one attached hydrogen (secondary N) is 1. The van der Waals surface area contributed by atoms with Gasteiger partial charge < -0.3 is 15.0 Å². The maximum atomic E-state index is 5.32. The zero-order chi connectivity index (χ0) is 13.9. The Morgan fingerprint density at radius 3 is 3.05 bits per heavy atom. The van der Waals surface area contributed by atoms with Crippen LogP contribution in [0.3, 0.4) is 0 Å². The van der Waals surface area contributed by atoms with E-state index in [9.17, 15) is 0 Å². The number of benzene rings is 1. The van der Waals surface area contributed by atoms with Crippen LogP contribution < -0.4 is 10.1 Å². The summed E-state index contributed by atoms with van der Waals surface area (Å²) in [5.41, 5.74) is 0. The molecule has 2 aromatic rings. The van der Waals surface area contributed by atoms with Crippen LogP contribution in [0.4, 0.5) is 5.82 Å². The fourth-order valence-corrected chi connectivity index (χ4v) is 2.87. The zero-order valence-corrected chi connectivity index (χ0v) is 12.1. The van der Waals surface area contributed by atoms with Gasteiger partial charge in [-0.1, -0.05) is 6.07 Å². The van der Waals surface area contributed by atoms with Gasteiger partial charge in [-0.15, -0.1) is 0 Å². The van der Waals surface area contributed by atoms with Crippen LogP contribution in [-0.2, 0) is 0 Å². The summed E-state index contributed by atoms with van der Waals surface area (Å²) in [6.45, 7) is 2.26. The van der Waals surface area contributed by atoms with Crippen molar-refractivity contribution in [2.45, 2.75) is 18.9 Å². The smallest absolute Gasteiger partial charge is 0.134 e. The van der Waals surface area contributed by atoms with Crippen molar-refractivity contribution in [3.05, 3.63) is 30.5 Å². The lowest BCUT2D eigenvalue weighted by molar-refractivity contribution is 0.261. The Morgan fingerprint density at radius 2 is 2.25 bits per heavy atom. The summed E-state index contributed by atoms with van der Waals surface area (Å²) in [6, 6.07) is 8.62. The second-order valence-corrected chi connectivity index (χ2v) is 5.49. The number of fused-ring (bicyclic) bond motifs is 1. The number of anilines is 1. The topological polar surface area (TPSA) is 37.4 Å². The number of hydrogen-bond donors (Lipinski definition) is 1. The zero-order valence-electron chi connectivity index (χ0n) is 12.1. The van der Waals surface area contributed by atoms with Gasteiger partial charge in [0, 0.05) is 24.2 Å². The van der Waals surface area contributed by atoms with Crippen LogP contribution in [0.2, 0.25) is 0 Å². The largest absolute Gasteiger partial charge is 0.497 e. The second kappa shape index (κ2) is 5.67. The quantitative estimate of drug-likeness (QED) is 0.931. The molecule has 0 spiro atoms. The van der Waals surface area contributed by atoms with E-state index < -0.39 is 0 Å². The van der Waals surface area contributed by atoms with Gasteiger partial charge in [-0.2, -0.15) is 0 Å². The minimum atomic E-state index is 0.470. The number of nitrogens with zero attached hydrogens (tertiary/aromatic N) is 2. The maximum Gasteiger partial charge on any atom is 0.134 e. The lowest BCUT2D eigenvalue weighted by atomic mass is 10.1. The molecule has 1 aliphatic heterocycles. The van der Waals surface area contributed by atoms with Crippen LogP contribution in [0.25, 0.3) is 10.8 Å². The van der Waals surface area contributed by atoms with Gasteiger partial charge in [0.1, 0.15) is 11.6 Å². The molecule has 4 nitrogen and oxygen atoms in total. The molecule has 1 N–H and O–H groups in total. The van der Waals surface area contributed by atoms with Gasteiger partial charge >= 0.3 is 0 Å². The first-order valence-corrected chi connectivity index (χ1v) is 7.14. The van der Waals surface area contributed by atoms with Crippen molar-refractivity contribution < 1.29 is 4.74 Å². The van der Waals surface area contributed by atoms with Gasteiger partial charge in [-0.25, -0.2) is 4.98 Å². The van der Waals surface area contributed by atoms with Gasteiger partial charge in [0.2, 0.25) is 0 Å². The number of likely N-dealkylation sites (N-methyl/N-ethyl adjacent to an activating group) is 1.